The second-order valence-electron chi connectivity index (χ2n) is 4.65. The lowest BCUT2D eigenvalue weighted by Crippen LogP contribution is -2.40. The molecule has 2 nitrogen and oxygen atoms in total. The summed E-state index contributed by atoms with van der Waals surface area (Å²) in [4.78, 5) is 13.9. The summed E-state index contributed by atoms with van der Waals surface area (Å²) in [5.41, 5.74) is 0. The number of carbonyl (C=O) groups is 1. The molecule has 1 rings (SSSR count). The quantitative estimate of drug-likeness (QED) is 0.540. The van der Waals surface area contributed by atoms with Gasteiger partial charge in [-0.15, -0.1) is 11.6 Å². The van der Waals surface area contributed by atoms with E-state index in [9.17, 15) is 4.79 Å². The molecule has 0 aliphatic heterocycles. The number of rotatable bonds is 3. The predicted molar refractivity (Wildman–Crippen MR) is 64.1 cm³/mol. The minimum atomic E-state index is -0.0417. The number of carbonyl (C=O) groups excluding carboxylic acids is 1. The van der Waals surface area contributed by atoms with Crippen LogP contribution in [0.15, 0.2) is 0 Å². The molecule has 0 aromatic rings. The first-order valence-electron chi connectivity index (χ1n) is 5.99. The van der Waals surface area contributed by atoms with Crippen molar-refractivity contribution in [3.05, 3.63) is 0 Å². The largest absolute Gasteiger partial charge is 0.343 e. The normalized spacial score (nSPS) is 20.7. The van der Waals surface area contributed by atoms with Crippen molar-refractivity contribution in [1.29, 1.82) is 0 Å². The van der Waals surface area contributed by atoms with Gasteiger partial charge in [0.15, 0.2) is 0 Å². The lowest BCUT2D eigenvalue weighted by molar-refractivity contribution is -0.135. The lowest BCUT2D eigenvalue weighted by Gasteiger charge is -2.29. The van der Waals surface area contributed by atoms with Gasteiger partial charge in [0, 0.05) is 24.9 Å². The summed E-state index contributed by atoms with van der Waals surface area (Å²) in [6.45, 7) is 1.91. The number of hydrogen-bond acceptors (Lipinski definition) is 1. The van der Waals surface area contributed by atoms with Crippen molar-refractivity contribution < 1.29 is 4.79 Å². The highest BCUT2D eigenvalue weighted by Gasteiger charge is 2.24. The van der Waals surface area contributed by atoms with E-state index in [4.69, 9.17) is 11.6 Å². The van der Waals surface area contributed by atoms with Gasteiger partial charge in [-0.3, -0.25) is 4.79 Å². The van der Waals surface area contributed by atoms with Crippen LogP contribution >= 0.6 is 11.6 Å². The topological polar surface area (TPSA) is 20.3 Å². The summed E-state index contributed by atoms with van der Waals surface area (Å²) in [5, 5.41) is 0. The third-order valence-corrected chi connectivity index (χ3v) is 3.84. The molecular weight excluding hydrogens is 210 g/mol. The Hall–Kier alpha value is -0.240. The molecule has 1 atom stereocenters. The molecule has 3 heteroatoms. The van der Waals surface area contributed by atoms with Gasteiger partial charge in [-0.1, -0.05) is 32.6 Å². The van der Waals surface area contributed by atoms with Gasteiger partial charge in [-0.05, 0) is 12.8 Å². The van der Waals surface area contributed by atoms with Gasteiger partial charge in [0.25, 0.3) is 0 Å². The van der Waals surface area contributed by atoms with E-state index in [0.717, 1.165) is 12.8 Å². The van der Waals surface area contributed by atoms with Gasteiger partial charge < -0.3 is 4.90 Å². The average Bonchev–Trinajstić information content (AvgIpc) is 2.54. The molecule has 0 radical (unpaired) electrons. The van der Waals surface area contributed by atoms with Crippen LogP contribution in [0.4, 0.5) is 0 Å². The third kappa shape index (κ3) is 3.67. The maximum Gasteiger partial charge on any atom is 0.226 e. The van der Waals surface area contributed by atoms with E-state index in [1.165, 1.54) is 25.7 Å². The number of nitrogens with zero attached hydrogens (tertiary/aromatic N) is 1. The minimum Gasteiger partial charge on any atom is -0.343 e. The van der Waals surface area contributed by atoms with Crippen molar-refractivity contribution in [3.63, 3.8) is 0 Å². The van der Waals surface area contributed by atoms with Gasteiger partial charge in [-0.2, -0.15) is 0 Å². The first-order chi connectivity index (χ1) is 7.16. The molecule has 1 saturated carbocycles. The van der Waals surface area contributed by atoms with Crippen molar-refractivity contribution in [1.82, 2.24) is 4.90 Å². The summed E-state index contributed by atoms with van der Waals surface area (Å²) in [6.07, 6.45) is 7.50. The number of halogens is 1. The van der Waals surface area contributed by atoms with Crippen molar-refractivity contribution in [2.45, 2.75) is 51.5 Å². The zero-order valence-corrected chi connectivity index (χ0v) is 10.6. The molecule has 0 bridgehead atoms. The molecule has 88 valence electrons. The van der Waals surface area contributed by atoms with E-state index >= 15 is 0 Å². The first kappa shape index (κ1) is 12.8. The zero-order valence-electron chi connectivity index (χ0n) is 9.84. The van der Waals surface area contributed by atoms with Gasteiger partial charge in [-0.25, -0.2) is 0 Å². The van der Waals surface area contributed by atoms with Gasteiger partial charge in [0.1, 0.15) is 0 Å². The Balaban J connectivity index is 2.49. The number of amides is 1. The molecule has 1 fully saturated rings. The minimum absolute atomic E-state index is 0.0417. The molecular formula is C12H22ClNO. The number of alkyl halides is 1. The van der Waals surface area contributed by atoms with E-state index in [0.29, 0.717) is 11.9 Å². The maximum absolute atomic E-state index is 11.9. The monoisotopic (exact) mass is 231 g/mol. The SMILES string of the molecule is CC(CCl)C(=O)N(C)C1CCCCCC1. The van der Waals surface area contributed by atoms with E-state index in [1.54, 1.807) is 0 Å². The van der Waals surface area contributed by atoms with Crippen LogP contribution in [-0.4, -0.2) is 29.8 Å². The summed E-state index contributed by atoms with van der Waals surface area (Å²) in [7, 11) is 1.93. The fourth-order valence-corrected chi connectivity index (χ4v) is 2.37. The Kier molecular flexibility index (Phi) is 5.44. The highest BCUT2D eigenvalue weighted by molar-refractivity contribution is 6.19. The second-order valence-corrected chi connectivity index (χ2v) is 4.96. The molecule has 1 unspecified atom stereocenters. The average molecular weight is 232 g/mol. The molecule has 0 spiro atoms. The standard InChI is InChI=1S/C12H22ClNO/c1-10(9-13)12(15)14(2)11-7-5-3-4-6-8-11/h10-11H,3-9H2,1-2H3. The molecule has 0 saturated heterocycles. The van der Waals surface area contributed by atoms with Crippen LogP contribution in [0.25, 0.3) is 0 Å². The van der Waals surface area contributed by atoms with Crippen LogP contribution in [-0.2, 0) is 4.79 Å². The predicted octanol–water partition coefficient (Wildman–Crippen LogP) is 3.04. The lowest BCUT2D eigenvalue weighted by atomic mass is 10.1. The van der Waals surface area contributed by atoms with E-state index in [1.807, 2.05) is 18.9 Å². The van der Waals surface area contributed by atoms with E-state index in [-0.39, 0.29) is 11.8 Å². The van der Waals surface area contributed by atoms with Gasteiger partial charge >= 0.3 is 0 Å². The van der Waals surface area contributed by atoms with Crippen LogP contribution in [0, 0.1) is 5.92 Å². The molecule has 0 heterocycles. The van der Waals surface area contributed by atoms with Crippen molar-refractivity contribution in [2.75, 3.05) is 12.9 Å². The van der Waals surface area contributed by atoms with E-state index in [2.05, 4.69) is 0 Å². The second kappa shape index (κ2) is 6.37. The summed E-state index contributed by atoms with van der Waals surface area (Å²) < 4.78 is 0. The van der Waals surface area contributed by atoms with Crippen molar-refractivity contribution in [3.8, 4) is 0 Å². The summed E-state index contributed by atoms with van der Waals surface area (Å²) in [6, 6.07) is 0.450. The summed E-state index contributed by atoms with van der Waals surface area (Å²) >= 11 is 5.71. The Morgan fingerprint density at radius 2 is 1.87 bits per heavy atom. The van der Waals surface area contributed by atoms with Crippen LogP contribution in [0.5, 0.6) is 0 Å². The fourth-order valence-electron chi connectivity index (χ4n) is 2.24. The molecule has 1 amide bonds. The van der Waals surface area contributed by atoms with Crippen LogP contribution in [0.2, 0.25) is 0 Å². The Morgan fingerprint density at radius 1 is 1.33 bits per heavy atom. The maximum atomic E-state index is 11.9. The van der Waals surface area contributed by atoms with E-state index < -0.39 is 0 Å². The highest BCUT2D eigenvalue weighted by atomic mass is 35.5. The van der Waals surface area contributed by atoms with Crippen LogP contribution < -0.4 is 0 Å². The fraction of sp³-hybridized carbons (Fsp3) is 0.917. The number of hydrogen-bond donors (Lipinski definition) is 0. The molecule has 1 aliphatic carbocycles. The van der Waals surface area contributed by atoms with Crippen LogP contribution in [0.3, 0.4) is 0 Å². The molecule has 15 heavy (non-hydrogen) atoms. The molecule has 0 N–H and O–H groups in total. The van der Waals surface area contributed by atoms with Crippen LogP contribution in [0.1, 0.15) is 45.4 Å². The molecule has 0 aromatic heterocycles. The zero-order chi connectivity index (χ0) is 11.3. The first-order valence-corrected chi connectivity index (χ1v) is 6.53. The highest BCUT2D eigenvalue weighted by Crippen LogP contribution is 2.22. The van der Waals surface area contributed by atoms with Crippen molar-refractivity contribution >= 4 is 17.5 Å². The van der Waals surface area contributed by atoms with Crippen molar-refractivity contribution in [2.24, 2.45) is 5.92 Å². The van der Waals surface area contributed by atoms with Gasteiger partial charge in [0.2, 0.25) is 5.91 Å². The summed E-state index contributed by atoms with van der Waals surface area (Å²) in [5.74, 6) is 0.590. The molecule has 0 aromatic carbocycles. The Labute approximate surface area is 98.0 Å². The Bertz CT molecular complexity index is 200. The smallest absolute Gasteiger partial charge is 0.226 e. The third-order valence-electron chi connectivity index (χ3n) is 3.37. The molecule has 1 aliphatic rings. The van der Waals surface area contributed by atoms with Gasteiger partial charge in [0.05, 0.1) is 0 Å². The Morgan fingerprint density at radius 3 is 2.33 bits per heavy atom.